The number of hydrogen-bond donors (Lipinski definition) is 1. The molecule has 0 aliphatic carbocycles. The van der Waals surface area contributed by atoms with Crippen LogP contribution in [0.25, 0.3) is 0 Å². The molecule has 0 bridgehead atoms. The molecular weight excluding hydrogens is 176 g/mol. The molecule has 0 aromatic heterocycles. The van der Waals surface area contributed by atoms with E-state index in [0.29, 0.717) is 6.42 Å². The Kier molecular flexibility index (Phi) is 2.31. The molecule has 0 radical (unpaired) electrons. The Labute approximate surface area is 82.8 Å². The van der Waals surface area contributed by atoms with Crippen molar-refractivity contribution in [1.82, 2.24) is 5.43 Å². The second-order valence-corrected chi connectivity index (χ2v) is 3.46. The number of nitrogens with one attached hydrogen (secondary N) is 1. The average molecular weight is 188 g/mol. The zero-order chi connectivity index (χ0) is 9.97. The Morgan fingerprint density at radius 3 is 2.50 bits per heavy atom. The van der Waals surface area contributed by atoms with Gasteiger partial charge in [-0.05, 0) is 12.5 Å². The minimum Gasteiger partial charge on any atom is -0.273 e. The summed E-state index contributed by atoms with van der Waals surface area (Å²) in [7, 11) is 0. The summed E-state index contributed by atoms with van der Waals surface area (Å²) in [4.78, 5) is 10.9. The Morgan fingerprint density at radius 2 is 1.93 bits per heavy atom. The molecule has 0 fully saturated rings. The lowest BCUT2D eigenvalue weighted by Crippen LogP contribution is -2.25. The van der Waals surface area contributed by atoms with Gasteiger partial charge in [0.25, 0.3) is 0 Å². The van der Waals surface area contributed by atoms with Crippen LogP contribution in [0.15, 0.2) is 29.4 Å². The third-order valence-corrected chi connectivity index (χ3v) is 2.29. The zero-order valence-corrected chi connectivity index (χ0v) is 8.08. The standard InChI is InChI=1S/C11H12N2O/c1-8-2-4-9(5-3-8)10-6-7-11(14)13-12-10/h2-5H,6-7H2,1H3,(H,13,14). The molecule has 14 heavy (non-hydrogen) atoms. The number of hydrazone groups is 1. The highest BCUT2D eigenvalue weighted by Crippen LogP contribution is 2.10. The van der Waals surface area contributed by atoms with E-state index in [1.807, 2.05) is 31.2 Å². The monoisotopic (exact) mass is 188 g/mol. The molecule has 3 heteroatoms. The largest absolute Gasteiger partial charge is 0.273 e. The minimum atomic E-state index is 0.000798. The number of hydrogen-bond acceptors (Lipinski definition) is 2. The van der Waals surface area contributed by atoms with Crippen molar-refractivity contribution in [1.29, 1.82) is 0 Å². The SMILES string of the molecule is Cc1ccc(C2=NNC(=O)CC2)cc1. The predicted octanol–water partition coefficient (Wildman–Crippen LogP) is 1.61. The molecule has 0 atom stereocenters. The van der Waals surface area contributed by atoms with E-state index in [9.17, 15) is 4.79 Å². The normalized spacial score (nSPS) is 16.1. The van der Waals surface area contributed by atoms with Gasteiger partial charge in [-0.1, -0.05) is 29.8 Å². The van der Waals surface area contributed by atoms with Gasteiger partial charge in [-0.3, -0.25) is 4.79 Å². The maximum absolute atomic E-state index is 10.9. The third kappa shape index (κ3) is 1.82. The maximum atomic E-state index is 10.9. The third-order valence-electron chi connectivity index (χ3n) is 2.29. The van der Waals surface area contributed by atoms with Gasteiger partial charge in [0.15, 0.2) is 0 Å². The molecule has 0 saturated heterocycles. The van der Waals surface area contributed by atoms with Crippen LogP contribution in [0, 0.1) is 6.92 Å². The first-order chi connectivity index (χ1) is 6.75. The number of carbonyl (C=O) groups is 1. The van der Waals surface area contributed by atoms with Gasteiger partial charge in [0, 0.05) is 12.8 Å². The molecule has 0 spiro atoms. The highest BCUT2D eigenvalue weighted by molar-refractivity contribution is 6.04. The maximum Gasteiger partial charge on any atom is 0.240 e. The molecule has 1 aliphatic heterocycles. The first-order valence-electron chi connectivity index (χ1n) is 4.68. The van der Waals surface area contributed by atoms with Crippen molar-refractivity contribution in [3.05, 3.63) is 35.4 Å². The van der Waals surface area contributed by atoms with Crippen LogP contribution in [0.1, 0.15) is 24.0 Å². The zero-order valence-electron chi connectivity index (χ0n) is 8.08. The summed E-state index contributed by atoms with van der Waals surface area (Å²) >= 11 is 0. The fourth-order valence-electron chi connectivity index (χ4n) is 1.43. The number of rotatable bonds is 1. The van der Waals surface area contributed by atoms with Crippen molar-refractivity contribution in [3.63, 3.8) is 0 Å². The second kappa shape index (κ2) is 3.62. The summed E-state index contributed by atoms with van der Waals surface area (Å²) in [6.45, 7) is 2.05. The van der Waals surface area contributed by atoms with Gasteiger partial charge in [0.1, 0.15) is 0 Å². The lowest BCUT2D eigenvalue weighted by molar-refractivity contribution is -0.121. The second-order valence-electron chi connectivity index (χ2n) is 3.46. The highest BCUT2D eigenvalue weighted by Gasteiger charge is 2.12. The summed E-state index contributed by atoms with van der Waals surface area (Å²) in [6, 6.07) is 8.17. The van der Waals surface area contributed by atoms with Crippen LogP contribution in [0.5, 0.6) is 0 Å². The van der Waals surface area contributed by atoms with Gasteiger partial charge >= 0.3 is 0 Å². The number of nitrogens with zero attached hydrogens (tertiary/aromatic N) is 1. The fourth-order valence-corrected chi connectivity index (χ4v) is 1.43. The van der Waals surface area contributed by atoms with E-state index in [2.05, 4.69) is 10.5 Å². The Balaban J connectivity index is 2.23. The van der Waals surface area contributed by atoms with Crippen molar-refractivity contribution in [2.45, 2.75) is 19.8 Å². The fraction of sp³-hybridized carbons (Fsp3) is 0.273. The molecule has 1 aromatic carbocycles. The van der Waals surface area contributed by atoms with Gasteiger partial charge in [-0.15, -0.1) is 0 Å². The van der Waals surface area contributed by atoms with E-state index >= 15 is 0 Å². The number of benzene rings is 1. The average Bonchev–Trinajstić information content (AvgIpc) is 2.21. The smallest absolute Gasteiger partial charge is 0.240 e. The van der Waals surface area contributed by atoms with Gasteiger partial charge in [-0.2, -0.15) is 5.10 Å². The molecule has 1 amide bonds. The summed E-state index contributed by atoms with van der Waals surface area (Å²) in [5.41, 5.74) is 5.78. The van der Waals surface area contributed by atoms with Crippen molar-refractivity contribution < 1.29 is 4.79 Å². The van der Waals surface area contributed by atoms with Crippen LogP contribution in [-0.4, -0.2) is 11.6 Å². The number of aryl methyl sites for hydroxylation is 1. The topological polar surface area (TPSA) is 41.5 Å². The summed E-state index contributed by atoms with van der Waals surface area (Å²) in [5.74, 6) is 0.000798. The lowest BCUT2D eigenvalue weighted by atomic mass is 10.0. The predicted molar refractivity (Wildman–Crippen MR) is 55.1 cm³/mol. The summed E-state index contributed by atoms with van der Waals surface area (Å²) < 4.78 is 0. The van der Waals surface area contributed by atoms with Crippen molar-refractivity contribution in [3.8, 4) is 0 Å². The van der Waals surface area contributed by atoms with E-state index in [1.54, 1.807) is 0 Å². The quantitative estimate of drug-likeness (QED) is 0.714. The minimum absolute atomic E-state index is 0.000798. The van der Waals surface area contributed by atoms with Crippen LogP contribution in [0.3, 0.4) is 0 Å². The van der Waals surface area contributed by atoms with Crippen LogP contribution in [0.2, 0.25) is 0 Å². The van der Waals surface area contributed by atoms with Crippen LogP contribution < -0.4 is 5.43 Å². The first-order valence-corrected chi connectivity index (χ1v) is 4.68. The molecular formula is C11H12N2O. The van der Waals surface area contributed by atoms with Crippen molar-refractivity contribution >= 4 is 11.6 Å². The highest BCUT2D eigenvalue weighted by atomic mass is 16.2. The lowest BCUT2D eigenvalue weighted by Gasteiger charge is -2.11. The molecule has 1 aliphatic rings. The van der Waals surface area contributed by atoms with Crippen LogP contribution in [0.4, 0.5) is 0 Å². The number of amides is 1. The van der Waals surface area contributed by atoms with Crippen molar-refractivity contribution in [2.75, 3.05) is 0 Å². The summed E-state index contributed by atoms with van der Waals surface area (Å²) in [6.07, 6.45) is 1.27. The Hall–Kier alpha value is -1.64. The molecule has 1 aromatic rings. The molecule has 1 N–H and O–H groups in total. The first kappa shape index (κ1) is 8.94. The molecule has 0 saturated carbocycles. The van der Waals surface area contributed by atoms with Gasteiger partial charge in [0.05, 0.1) is 5.71 Å². The van der Waals surface area contributed by atoms with Gasteiger partial charge < -0.3 is 0 Å². The van der Waals surface area contributed by atoms with E-state index < -0.39 is 0 Å². The van der Waals surface area contributed by atoms with Crippen molar-refractivity contribution in [2.24, 2.45) is 5.10 Å². The van der Waals surface area contributed by atoms with Gasteiger partial charge in [-0.25, -0.2) is 5.43 Å². The molecule has 3 nitrogen and oxygen atoms in total. The van der Waals surface area contributed by atoms with E-state index in [-0.39, 0.29) is 5.91 Å². The van der Waals surface area contributed by atoms with Crippen LogP contribution in [-0.2, 0) is 4.79 Å². The van der Waals surface area contributed by atoms with Crippen LogP contribution >= 0.6 is 0 Å². The van der Waals surface area contributed by atoms with E-state index in [4.69, 9.17) is 0 Å². The molecule has 2 rings (SSSR count). The Morgan fingerprint density at radius 1 is 1.21 bits per heavy atom. The molecule has 0 unspecified atom stereocenters. The van der Waals surface area contributed by atoms with Gasteiger partial charge in [0.2, 0.25) is 5.91 Å². The summed E-state index contributed by atoms with van der Waals surface area (Å²) in [5, 5.41) is 4.03. The molecule has 72 valence electrons. The Bertz CT molecular complexity index is 379. The number of carbonyl (C=O) groups excluding carboxylic acids is 1. The molecule has 1 heterocycles. The van der Waals surface area contributed by atoms with E-state index in [1.165, 1.54) is 5.56 Å². The van der Waals surface area contributed by atoms with E-state index in [0.717, 1.165) is 17.7 Å².